The first-order valence-corrected chi connectivity index (χ1v) is 7.92. The summed E-state index contributed by atoms with van der Waals surface area (Å²) >= 11 is 1.41. The molecule has 5 nitrogen and oxygen atoms in total. The fourth-order valence-corrected chi connectivity index (χ4v) is 2.41. The molecule has 23 heavy (non-hydrogen) atoms. The third-order valence-corrected chi connectivity index (χ3v) is 3.80. The van der Waals surface area contributed by atoms with Crippen molar-refractivity contribution in [2.45, 2.75) is 6.92 Å². The molecule has 0 aliphatic heterocycles. The van der Waals surface area contributed by atoms with Gasteiger partial charge in [-0.3, -0.25) is 5.43 Å². The Labute approximate surface area is 138 Å². The Bertz CT molecular complexity index is 794. The number of rotatable bonds is 5. The van der Waals surface area contributed by atoms with Gasteiger partial charge >= 0.3 is 0 Å². The van der Waals surface area contributed by atoms with Gasteiger partial charge in [0.2, 0.25) is 5.13 Å². The highest BCUT2D eigenvalue weighted by atomic mass is 32.1. The van der Waals surface area contributed by atoms with E-state index in [0.29, 0.717) is 10.9 Å². The molecule has 1 aromatic heterocycles. The smallest absolute Gasteiger partial charge is 0.205 e. The molecule has 0 amide bonds. The van der Waals surface area contributed by atoms with Gasteiger partial charge in [0, 0.05) is 5.38 Å². The molecule has 6 heteroatoms. The number of anilines is 2. The second-order valence-corrected chi connectivity index (χ2v) is 5.79. The van der Waals surface area contributed by atoms with E-state index in [1.807, 2.05) is 55.5 Å². The topological polar surface area (TPSA) is 72.5 Å². The van der Waals surface area contributed by atoms with E-state index in [0.717, 1.165) is 17.1 Å². The molecule has 0 aliphatic carbocycles. The highest BCUT2D eigenvalue weighted by molar-refractivity contribution is 7.14. The molecular formula is C17H16N4OS. The molecular weight excluding hydrogens is 308 g/mol. The van der Waals surface area contributed by atoms with E-state index >= 15 is 0 Å². The van der Waals surface area contributed by atoms with Crippen molar-refractivity contribution in [3.05, 3.63) is 65.0 Å². The van der Waals surface area contributed by atoms with Crippen LogP contribution in [0.3, 0.4) is 0 Å². The molecule has 0 atom stereocenters. The van der Waals surface area contributed by atoms with Gasteiger partial charge in [-0.2, -0.15) is 5.10 Å². The SMILES string of the molecule is Cc1ccc(Oc2ccc(C=NNc3nc(N)cs3)cc2)cc1. The number of thiazole rings is 1. The predicted molar refractivity (Wildman–Crippen MR) is 95.4 cm³/mol. The molecule has 0 aliphatic rings. The Balaban J connectivity index is 1.59. The molecule has 0 radical (unpaired) electrons. The van der Waals surface area contributed by atoms with Crippen molar-refractivity contribution in [1.29, 1.82) is 0 Å². The fourth-order valence-electron chi connectivity index (χ4n) is 1.86. The van der Waals surface area contributed by atoms with Gasteiger partial charge in [-0.15, -0.1) is 11.3 Å². The minimum absolute atomic E-state index is 0.491. The molecule has 3 aromatic rings. The summed E-state index contributed by atoms with van der Waals surface area (Å²) in [7, 11) is 0. The minimum Gasteiger partial charge on any atom is -0.457 e. The molecule has 0 bridgehead atoms. The summed E-state index contributed by atoms with van der Waals surface area (Å²) in [5.74, 6) is 2.09. The van der Waals surface area contributed by atoms with Crippen LogP contribution in [0.1, 0.15) is 11.1 Å². The summed E-state index contributed by atoms with van der Waals surface area (Å²) in [5.41, 5.74) is 10.5. The van der Waals surface area contributed by atoms with Crippen molar-refractivity contribution in [2.24, 2.45) is 5.10 Å². The van der Waals surface area contributed by atoms with Gasteiger partial charge in [0.25, 0.3) is 0 Å². The lowest BCUT2D eigenvalue weighted by Crippen LogP contribution is -1.91. The lowest BCUT2D eigenvalue weighted by atomic mass is 10.2. The Kier molecular flexibility index (Phi) is 4.54. The number of aromatic nitrogens is 1. The fraction of sp³-hybridized carbons (Fsp3) is 0.0588. The average Bonchev–Trinajstić information content (AvgIpc) is 2.97. The summed E-state index contributed by atoms with van der Waals surface area (Å²) in [4.78, 5) is 4.06. The number of benzene rings is 2. The number of nitrogens with two attached hydrogens (primary N) is 1. The number of aryl methyl sites for hydroxylation is 1. The number of hydrogen-bond acceptors (Lipinski definition) is 6. The van der Waals surface area contributed by atoms with Crippen LogP contribution in [-0.2, 0) is 0 Å². The molecule has 2 aromatic carbocycles. The first-order valence-electron chi connectivity index (χ1n) is 7.04. The van der Waals surface area contributed by atoms with Crippen LogP contribution < -0.4 is 15.9 Å². The van der Waals surface area contributed by atoms with Crippen LogP contribution in [0.4, 0.5) is 10.9 Å². The number of hydrogen-bond donors (Lipinski definition) is 2. The number of ether oxygens (including phenoxy) is 1. The molecule has 0 unspecified atom stereocenters. The van der Waals surface area contributed by atoms with Crippen LogP contribution in [0.15, 0.2) is 59.0 Å². The van der Waals surface area contributed by atoms with Crippen molar-refractivity contribution >= 4 is 28.5 Å². The van der Waals surface area contributed by atoms with Crippen LogP contribution in [0.5, 0.6) is 11.5 Å². The van der Waals surface area contributed by atoms with Crippen LogP contribution in [0, 0.1) is 6.92 Å². The Morgan fingerprint density at radius 1 is 1.09 bits per heavy atom. The van der Waals surface area contributed by atoms with Gasteiger partial charge in [-0.1, -0.05) is 17.7 Å². The standard InChI is InChI=1S/C17H16N4OS/c1-12-2-6-14(7-3-12)22-15-8-4-13(5-9-15)10-19-21-17-20-16(18)11-23-17/h2-11H,18H2,1H3,(H,20,21). The molecule has 3 rings (SSSR count). The molecule has 1 heterocycles. The maximum atomic E-state index is 5.78. The molecule has 0 saturated heterocycles. The van der Waals surface area contributed by atoms with E-state index in [1.165, 1.54) is 16.9 Å². The lowest BCUT2D eigenvalue weighted by Gasteiger charge is -2.06. The van der Waals surface area contributed by atoms with Gasteiger partial charge in [0.05, 0.1) is 6.21 Å². The van der Waals surface area contributed by atoms with Crippen molar-refractivity contribution in [2.75, 3.05) is 11.2 Å². The number of hydrazone groups is 1. The van der Waals surface area contributed by atoms with Crippen molar-refractivity contribution in [1.82, 2.24) is 4.98 Å². The quantitative estimate of drug-likeness (QED) is 0.543. The van der Waals surface area contributed by atoms with Gasteiger partial charge in [0.1, 0.15) is 17.3 Å². The average molecular weight is 324 g/mol. The Hall–Kier alpha value is -2.86. The molecule has 0 fully saturated rings. The van der Waals surface area contributed by atoms with Crippen LogP contribution >= 0.6 is 11.3 Å². The van der Waals surface area contributed by atoms with Gasteiger partial charge in [-0.25, -0.2) is 4.98 Å². The molecule has 3 N–H and O–H groups in total. The third kappa shape index (κ3) is 4.31. The van der Waals surface area contributed by atoms with E-state index in [9.17, 15) is 0 Å². The monoisotopic (exact) mass is 324 g/mol. The summed E-state index contributed by atoms with van der Waals surface area (Å²) in [6.07, 6.45) is 1.72. The van der Waals surface area contributed by atoms with E-state index in [1.54, 1.807) is 11.6 Å². The summed E-state index contributed by atoms with van der Waals surface area (Å²) in [6, 6.07) is 15.6. The summed E-state index contributed by atoms with van der Waals surface area (Å²) in [5, 5.41) is 6.55. The first kappa shape index (κ1) is 15.1. The van der Waals surface area contributed by atoms with Crippen LogP contribution in [-0.4, -0.2) is 11.2 Å². The number of nitrogens with one attached hydrogen (secondary N) is 1. The van der Waals surface area contributed by atoms with Crippen molar-refractivity contribution in [3.63, 3.8) is 0 Å². The van der Waals surface area contributed by atoms with Gasteiger partial charge in [-0.05, 0) is 48.9 Å². The highest BCUT2D eigenvalue weighted by Gasteiger charge is 1.98. The maximum absolute atomic E-state index is 5.78. The zero-order chi connectivity index (χ0) is 16.1. The van der Waals surface area contributed by atoms with Crippen LogP contribution in [0.25, 0.3) is 0 Å². The van der Waals surface area contributed by atoms with Crippen molar-refractivity contribution in [3.8, 4) is 11.5 Å². The van der Waals surface area contributed by atoms with E-state index in [2.05, 4.69) is 15.5 Å². The highest BCUT2D eigenvalue weighted by Crippen LogP contribution is 2.21. The Morgan fingerprint density at radius 3 is 2.35 bits per heavy atom. The number of nitrogen functional groups attached to an aromatic ring is 1. The van der Waals surface area contributed by atoms with Crippen molar-refractivity contribution < 1.29 is 4.74 Å². The van der Waals surface area contributed by atoms with E-state index < -0.39 is 0 Å². The normalized spacial score (nSPS) is 10.8. The second kappa shape index (κ2) is 6.93. The Morgan fingerprint density at radius 2 is 1.74 bits per heavy atom. The maximum Gasteiger partial charge on any atom is 0.205 e. The molecule has 0 spiro atoms. The van der Waals surface area contributed by atoms with E-state index in [4.69, 9.17) is 10.5 Å². The third-order valence-electron chi connectivity index (χ3n) is 3.03. The van der Waals surface area contributed by atoms with E-state index in [-0.39, 0.29) is 0 Å². The zero-order valence-corrected chi connectivity index (χ0v) is 13.4. The summed E-state index contributed by atoms with van der Waals surface area (Å²) in [6.45, 7) is 2.05. The van der Waals surface area contributed by atoms with Gasteiger partial charge in [0.15, 0.2) is 0 Å². The summed E-state index contributed by atoms with van der Waals surface area (Å²) < 4.78 is 5.78. The van der Waals surface area contributed by atoms with Gasteiger partial charge < -0.3 is 10.5 Å². The second-order valence-electron chi connectivity index (χ2n) is 4.93. The van der Waals surface area contributed by atoms with Crippen LogP contribution in [0.2, 0.25) is 0 Å². The molecule has 0 saturated carbocycles. The predicted octanol–water partition coefficient (Wildman–Crippen LogP) is 4.27. The number of nitrogens with zero attached hydrogens (tertiary/aromatic N) is 2. The largest absolute Gasteiger partial charge is 0.457 e. The zero-order valence-electron chi connectivity index (χ0n) is 12.6. The molecule has 116 valence electrons. The first-order chi connectivity index (χ1) is 11.2. The lowest BCUT2D eigenvalue weighted by molar-refractivity contribution is 0.482. The minimum atomic E-state index is 0.491.